The lowest BCUT2D eigenvalue weighted by molar-refractivity contribution is 0.249. The number of hydrogen-bond acceptors (Lipinski definition) is 4. The molecule has 1 aliphatic carbocycles. The predicted molar refractivity (Wildman–Crippen MR) is 104 cm³/mol. The van der Waals surface area contributed by atoms with Crippen LogP contribution in [0.4, 0.5) is 0 Å². The third-order valence-electron chi connectivity index (χ3n) is 5.17. The molecular formula is C19H19N3OS2. The van der Waals surface area contributed by atoms with E-state index in [1.54, 1.807) is 15.9 Å². The van der Waals surface area contributed by atoms with Gasteiger partial charge in [-0.2, -0.15) is 0 Å². The summed E-state index contributed by atoms with van der Waals surface area (Å²) in [6, 6.07) is 10.9. The second-order valence-corrected chi connectivity index (χ2v) is 8.48. The summed E-state index contributed by atoms with van der Waals surface area (Å²) in [6.07, 6.45) is 3.08. The molecular weight excluding hydrogens is 350 g/mol. The van der Waals surface area contributed by atoms with E-state index < -0.39 is 0 Å². The molecule has 0 amide bonds. The van der Waals surface area contributed by atoms with Crippen LogP contribution in [0.5, 0.6) is 0 Å². The minimum Gasteiger partial charge on any atom is -0.323 e. The molecule has 0 radical (unpaired) electrons. The number of H-pyrrole nitrogens is 1. The molecule has 5 rings (SSSR count). The first kappa shape index (κ1) is 15.5. The SMILES string of the molecule is O=c1c2c3c(sc2[nH]c(=S)n1C1CC1)CN(Cc1ccccc1)CC3. The lowest BCUT2D eigenvalue weighted by atomic mass is 10.0. The van der Waals surface area contributed by atoms with Crippen LogP contribution in [-0.2, 0) is 19.5 Å². The Morgan fingerprint density at radius 2 is 2.04 bits per heavy atom. The molecule has 1 aromatic carbocycles. The van der Waals surface area contributed by atoms with Crippen molar-refractivity contribution in [3.8, 4) is 0 Å². The van der Waals surface area contributed by atoms with E-state index in [9.17, 15) is 4.79 Å². The van der Waals surface area contributed by atoms with Crippen molar-refractivity contribution in [2.75, 3.05) is 6.54 Å². The third kappa shape index (κ3) is 2.69. The van der Waals surface area contributed by atoms with Gasteiger partial charge < -0.3 is 4.98 Å². The Morgan fingerprint density at radius 3 is 2.80 bits per heavy atom. The number of thiophene rings is 1. The molecule has 1 N–H and O–H groups in total. The molecule has 3 heterocycles. The topological polar surface area (TPSA) is 41.0 Å². The summed E-state index contributed by atoms with van der Waals surface area (Å²) >= 11 is 7.14. The number of nitrogens with one attached hydrogen (secondary N) is 1. The molecule has 128 valence electrons. The van der Waals surface area contributed by atoms with Gasteiger partial charge in [-0.1, -0.05) is 30.3 Å². The highest BCUT2D eigenvalue weighted by molar-refractivity contribution is 7.71. The second-order valence-electron chi connectivity index (χ2n) is 6.99. The van der Waals surface area contributed by atoms with Gasteiger partial charge in [-0.15, -0.1) is 11.3 Å². The molecule has 0 bridgehead atoms. The Bertz CT molecular complexity index is 1060. The number of aromatic amines is 1. The van der Waals surface area contributed by atoms with Crippen molar-refractivity contribution in [3.63, 3.8) is 0 Å². The van der Waals surface area contributed by atoms with Crippen molar-refractivity contribution < 1.29 is 0 Å². The number of benzene rings is 1. The maximum Gasteiger partial charge on any atom is 0.263 e. The Hall–Kier alpha value is -1.76. The van der Waals surface area contributed by atoms with Crippen LogP contribution in [0.1, 0.15) is 34.9 Å². The van der Waals surface area contributed by atoms with Crippen molar-refractivity contribution in [3.05, 3.63) is 61.5 Å². The molecule has 0 saturated heterocycles. The Balaban J connectivity index is 1.53. The van der Waals surface area contributed by atoms with Crippen molar-refractivity contribution >= 4 is 33.8 Å². The van der Waals surface area contributed by atoms with Crippen LogP contribution >= 0.6 is 23.6 Å². The molecule has 1 fully saturated rings. The van der Waals surface area contributed by atoms with E-state index in [0.717, 1.165) is 49.1 Å². The normalized spacial score (nSPS) is 17.8. The molecule has 2 aliphatic rings. The highest BCUT2D eigenvalue weighted by Gasteiger charge is 2.29. The van der Waals surface area contributed by atoms with Crippen LogP contribution in [0, 0.1) is 4.77 Å². The largest absolute Gasteiger partial charge is 0.323 e. The van der Waals surface area contributed by atoms with Gasteiger partial charge in [-0.25, -0.2) is 0 Å². The lowest BCUT2D eigenvalue weighted by Gasteiger charge is -2.26. The minimum atomic E-state index is 0.121. The zero-order chi connectivity index (χ0) is 17.0. The molecule has 3 aromatic rings. The maximum absolute atomic E-state index is 13.0. The van der Waals surface area contributed by atoms with Crippen molar-refractivity contribution in [1.82, 2.24) is 14.5 Å². The van der Waals surface area contributed by atoms with Gasteiger partial charge in [0.25, 0.3) is 5.56 Å². The van der Waals surface area contributed by atoms with Crippen LogP contribution in [0.3, 0.4) is 0 Å². The van der Waals surface area contributed by atoms with Crippen molar-refractivity contribution in [1.29, 1.82) is 0 Å². The van der Waals surface area contributed by atoms with Crippen LogP contribution in [0.2, 0.25) is 0 Å². The lowest BCUT2D eigenvalue weighted by Crippen LogP contribution is -2.30. The fourth-order valence-corrected chi connectivity index (χ4v) is 5.46. The van der Waals surface area contributed by atoms with E-state index in [-0.39, 0.29) is 5.56 Å². The molecule has 1 saturated carbocycles. The summed E-state index contributed by atoms with van der Waals surface area (Å²) in [5, 5.41) is 0.889. The number of nitrogens with zero attached hydrogens (tertiary/aromatic N) is 2. The Morgan fingerprint density at radius 1 is 1.24 bits per heavy atom. The summed E-state index contributed by atoms with van der Waals surface area (Å²) in [5.41, 5.74) is 2.70. The molecule has 25 heavy (non-hydrogen) atoms. The minimum absolute atomic E-state index is 0.121. The fourth-order valence-electron chi connectivity index (χ4n) is 3.78. The number of fused-ring (bicyclic) bond motifs is 3. The van der Waals surface area contributed by atoms with Crippen molar-refractivity contribution in [2.45, 2.75) is 38.4 Å². The summed E-state index contributed by atoms with van der Waals surface area (Å²) in [5.74, 6) is 0. The van der Waals surface area contributed by atoms with E-state index >= 15 is 0 Å². The van der Waals surface area contributed by atoms with Crippen LogP contribution in [0.15, 0.2) is 35.1 Å². The Kier molecular flexibility index (Phi) is 3.66. The number of aromatic nitrogens is 2. The smallest absolute Gasteiger partial charge is 0.263 e. The molecule has 0 atom stereocenters. The Labute approximate surface area is 154 Å². The molecule has 0 spiro atoms. The van der Waals surface area contributed by atoms with Gasteiger partial charge in [0.05, 0.1) is 5.39 Å². The summed E-state index contributed by atoms with van der Waals surface area (Å²) < 4.78 is 2.39. The van der Waals surface area contributed by atoms with Crippen molar-refractivity contribution in [2.24, 2.45) is 0 Å². The van der Waals surface area contributed by atoms with Crippen LogP contribution in [0.25, 0.3) is 10.2 Å². The zero-order valence-electron chi connectivity index (χ0n) is 13.8. The van der Waals surface area contributed by atoms with E-state index in [1.165, 1.54) is 16.0 Å². The van der Waals surface area contributed by atoms with Gasteiger partial charge in [0.2, 0.25) is 0 Å². The van der Waals surface area contributed by atoms with Crippen LogP contribution < -0.4 is 5.56 Å². The van der Waals surface area contributed by atoms with Gasteiger partial charge in [0.15, 0.2) is 4.77 Å². The molecule has 1 aliphatic heterocycles. The monoisotopic (exact) mass is 369 g/mol. The van der Waals surface area contributed by atoms with Gasteiger partial charge in [0, 0.05) is 30.6 Å². The quantitative estimate of drug-likeness (QED) is 0.709. The van der Waals surface area contributed by atoms with E-state index in [2.05, 4.69) is 40.2 Å². The van der Waals surface area contributed by atoms with E-state index in [0.29, 0.717) is 10.8 Å². The molecule has 2 aromatic heterocycles. The summed E-state index contributed by atoms with van der Waals surface area (Å²) in [7, 11) is 0. The zero-order valence-corrected chi connectivity index (χ0v) is 15.5. The van der Waals surface area contributed by atoms with E-state index in [4.69, 9.17) is 12.2 Å². The molecule has 4 nitrogen and oxygen atoms in total. The highest BCUT2D eigenvalue weighted by atomic mass is 32.1. The van der Waals surface area contributed by atoms with Crippen LogP contribution in [-0.4, -0.2) is 21.0 Å². The van der Waals surface area contributed by atoms with Gasteiger partial charge in [0.1, 0.15) is 4.83 Å². The first-order valence-electron chi connectivity index (χ1n) is 8.76. The summed E-state index contributed by atoms with van der Waals surface area (Å²) in [6.45, 7) is 2.86. The summed E-state index contributed by atoms with van der Waals surface area (Å²) in [4.78, 5) is 21.1. The third-order valence-corrected chi connectivity index (χ3v) is 6.60. The standard InChI is InChI=1S/C19H19N3OS2/c23-18-16-14-8-9-21(10-12-4-2-1-3-5-12)11-15(14)25-17(16)20-19(24)22(18)13-6-7-13/h1-5,13H,6-11H2,(H,20,24). The van der Waals surface area contributed by atoms with Gasteiger partial charge >= 0.3 is 0 Å². The predicted octanol–water partition coefficient (Wildman–Crippen LogP) is 4.01. The first-order chi connectivity index (χ1) is 12.2. The average molecular weight is 370 g/mol. The first-order valence-corrected chi connectivity index (χ1v) is 9.98. The van der Waals surface area contributed by atoms with Gasteiger partial charge in [-0.3, -0.25) is 14.3 Å². The number of rotatable bonds is 3. The molecule has 0 unspecified atom stereocenters. The van der Waals surface area contributed by atoms with Gasteiger partial charge in [-0.05, 0) is 42.6 Å². The highest BCUT2D eigenvalue weighted by Crippen LogP contribution is 2.36. The van der Waals surface area contributed by atoms with E-state index in [1.807, 2.05) is 0 Å². The fraction of sp³-hybridized carbons (Fsp3) is 0.368. The average Bonchev–Trinajstić information content (AvgIpc) is 3.36. The maximum atomic E-state index is 13.0. The number of hydrogen-bond donors (Lipinski definition) is 1. The molecule has 6 heteroatoms. The second kappa shape index (κ2) is 5.90.